The highest BCUT2D eigenvalue weighted by atomic mass is 16.5. The summed E-state index contributed by atoms with van der Waals surface area (Å²) >= 11 is 0. The second kappa shape index (κ2) is 4.91. The number of ketones is 1. The minimum absolute atomic E-state index is 0.00388. The predicted molar refractivity (Wildman–Crippen MR) is 42.4 cm³/mol. The molecule has 0 aromatic carbocycles. The first-order valence-electron chi connectivity index (χ1n) is 3.50. The van der Waals surface area contributed by atoms with Crippen molar-refractivity contribution in [1.29, 1.82) is 0 Å². The van der Waals surface area contributed by atoms with Crippen LogP contribution in [0, 0.1) is 5.92 Å². The van der Waals surface area contributed by atoms with Crippen molar-refractivity contribution in [3.05, 3.63) is 11.8 Å². The van der Waals surface area contributed by atoms with Crippen LogP contribution in [0.4, 0.5) is 0 Å². The lowest BCUT2D eigenvalue weighted by Crippen LogP contribution is -2.05. The summed E-state index contributed by atoms with van der Waals surface area (Å²) in [6.07, 6.45) is 1.20. The Kier molecular flexibility index (Phi) is 4.54. The summed E-state index contributed by atoms with van der Waals surface area (Å²) in [7, 11) is 1.44. The van der Waals surface area contributed by atoms with Crippen LogP contribution in [0.25, 0.3) is 0 Å². The maximum Gasteiger partial charge on any atom is 0.184 e. The monoisotopic (exact) mass is 158 g/mol. The molecule has 0 amide bonds. The van der Waals surface area contributed by atoms with Gasteiger partial charge in [-0.05, 0) is 0 Å². The summed E-state index contributed by atoms with van der Waals surface area (Å²) in [5, 5.41) is 9.11. The average molecular weight is 158 g/mol. The van der Waals surface area contributed by atoms with Crippen molar-refractivity contribution in [3.63, 3.8) is 0 Å². The lowest BCUT2D eigenvalue weighted by molar-refractivity contribution is -0.118. The number of ether oxygens (including phenoxy) is 1. The summed E-state index contributed by atoms with van der Waals surface area (Å²) in [5.41, 5.74) is 0. The first kappa shape index (κ1) is 10.2. The zero-order valence-electron chi connectivity index (χ0n) is 7.13. The molecule has 0 rings (SSSR count). The van der Waals surface area contributed by atoms with E-state index in [-0.39, 0.29) is 24.1 Å². The molecular formula is C8H14O3. The topological polar surface area (TPSA) is 46.5 Å². The molecule has 11 heavy (non-hydrogen) atoms. The molecule has 0 aromatic heterocycles. The van der Waals surface area contributed by atoms with E-state index in [0.29, 0.717) is 0 Å². The summed E-state index contributed by atoms with van der Waals surface area (Å²) in [5.74, 6) is -0.110. The Morgan fingerprint density at radius 3 is 2.55 bits per heavy atom. The fourth-order valence-corrected chi connectivity index (χ4v) is 0.516. The Bertz CT molecular complexity index is 159. The predicted octanol–water partition coefficient (Wildman–Crippen LogP) is 1.30. The van der Waals surface area contributed by atoms with Gasteiger partial charge in [-0.3, -0.25) is 4.79 Å². The normalized spacial score (nSPS) is 12.2. The van der Waals surface area contributed by atoms with Crippen LogP contribution in [-0.2, 0) is 9.53 Å². The van der Waals surface area contributed by atoms with E-state index in [0.717, 1.165) is 0 Å². The molecule has 0 aliphatic carbocycles. The van der Waals surface area contributed by atoms with Crippen molar-refractivity contribution >= 4 is 5.78 Å². The van der Waals surface area contributed by atoms with Crippen molar-refractivity contribution < 1.29 is 14.6 Å². The van der Waals surface area contributed by atoms with E-state index in [2.05, 4.69) is 4.74 Å². The number of aliphatic hydroxyl groups is 1. The summed E-state index contributed by atoms with van der Waals surface area (Å²) in [4.78, 5) is 10.8. The minimum Gasteiger partial charge on any atom is -0.512 e. The van der Waals surface area contributed by atoms with Gasteiger partial charge in [0.1, 0.15) is 6.61 Å². The first-order chi connectivity index (χ1) is 5.07. The van der Waals surface area contributed by atoms with Gasteiger partial charge in [-0.2, -0.15) is 0 Å². The van der Waals surface area contributed by atoms with Crippen LogP contribution in [0.3, 0.4) is 0 Å². The molecule has 0 fully saturated rings. The molecule has 0 aliphatic heterocycles. The molecule has 0 spiro atoms. The molecule has 0 radical (unpaired) electrons. The van der Waals surface area contributed by atoms with Gasteiger partial charge in [0.15, 0.2) is 5.78 Å². The van der Waals surface area contributed by atoms with E-state index in [1.54, 1.807) is 0 Å². The van der Waals surface area contributed by atoms with Crippen molar-refractivity contribution in [2.75, 3.05) is 13.7 Å². The van der Waals surface area contributed by atoms with Crippen molar-refractivity contribution in [1.82, 2.24) is 0 Å². The van der Waals surface area contributed by atoms with Gasteiger partial charge >= 0.3 is 0 Å². The van der Waals surface area contributed by atoms with Crippen LogP contribution < -0.4 is 0 Å². The second-order valence-corrected chi connectivity index (χ2v) is 2.62. The van der Waals surface area contributed by atoms with Gasteiger partial charge < -0.3 is 9.84 Å². The number of aliphatic hydroxyl groups excluding tert-OH is 1. The van der Waals surface area contributed by atoms with E-state index < -0.39 is 0 Å². The fourth-order valence-electron chi connectivity index (χ4n) is 0.516. The molecule has 0 atom stereocenters. The number of hydrogen-bond acceptors (Lipinski definition) is 3. The van der Waals surface area contributed by atoms with Crippen LogP contribution >= 0.6 is 0 Å². The van der Waals surface area contributed by atoms with Crippen LogP contribution in [0.1, 0.15) is 13.8 Å². The van der Waals surface area contributed by atoms with Gasteiger partial charge in [0.25, 0.3) is 0 Å². The molecule has 3 nitrogen and oxygen atoms in total. The quantitative estimate of drug-likeness (QED) is 0.495. The number of allylic oxidation sites excluding steroid dienone is 1. The van der Waals surface area contributed by atoms with Crippen LogP contribution in [-0.4, -0.2) is 24.6 Å². The Hall–Kier alpha value is -0.830. The van der Waals surface area contributed by atoms with Gasteiger partial charge in [-0.15, -0.1) is 0 Å². The Morgan fingerprint density at radius 1 is 1.64 bits per heavy atom. The minimum atomic E-state index is -0.210. The van der Waals surface area contributed by atoms with E-state index in [1.165, 1.54) is 13.2 Å². The summed E-state index contributed by atoms with van der Waals surface area (Å²) < 4.78 is 4.58. The van der Waals surface area contributed by atoms with Crippen LogP contribution in [0.5, 0.6) is 0 Å². The highest BCUT2D eigenvalue weighted by Gasteiger charge is 2.02. The third kappa shape index (κ3) is 4.56. The lowest BCUT2D eigenvalue weighted by Gasteiger charge is -2.01. The van der Waals surface area contributed by atoms with E-state index in [4.69, 9.17) is 5.11 Å². The molecular weight excluding hydrogens is 144 g/mol. The third-order valence-corrected chi connectivity index (χ3v) is 1.19. The van der Waals surface area contributed by atoms with E-state index in [9.17, 15) is 4.79 Å². The third-order valence-electron chi connectivity index (χ3n) is 1.19. The van der Waals surface area contributed by atoms with Gasteiger partial charge in [0.05, 0.1) is 5.76 Å². The van der Waals surface area contributed by atoms with E-state index >= 15 is 0 Å². The highest BCUT2D eigenvalue weighted by molar-refractivity contribution is 5.91. The van der Waals surface area contributed by atoms with Gasteiger partial charge in [-0.25, -0.2) is 0 Å². The molecule has 3 heteroatoms. The Morgan fingerprint density at radius 2 is 2.18 bits per heavy atom. The zero-order valence-corrected chi connectivity index (χ0v) is 7.13. The molecule has 0 aliphatic rings. The Labute approximate surface area is 66.7 Å². The smallest absolute Gasteiger partial charge is 0.184 e. The standard InChI is InChI=1S/C8H14O3/c1-6(2)8(10)4-7(9)5-11-3/h4,6,10H,5H2,1-3H3. The molecule has 0 saturated carbocycles. The molecule has 0 unspecified atom stereocenters. The lowest BCUT2D eigenvalue weighted by atomic mass is 10.1. The highest BCUT2D eigenvalue weighted by Crippen LogP contribution is 2.04. The largest absolute Gasteiger partial charge is 0.512 e. The molecule has 0 aromatic rings. The molecule has 0 saturated heterocycles. The molecule has 1 N–H and O–H groups in total. The van der Waals surface area contributed by atoms with Crippen molar-refractivity contribution in [2.45, 2.75) is 13.8 Å². The number of carbonyl (C=O) groups is 1. The van der Waals surface area contributed by atoms with Gasteiger partial charge in [-0.1, -0.05) is 13.8 Å². The maximum absolute atomic E-state index is 10.8. The molecule has 64 valence electrons. The van der Waals surface area contributed by atoms with Crippen LogP contribution in [0.15, 0.2) is 11.8 Å². The number of rotatable bonds is 4. The van der Waals surface area contributed by atoms with Crippen molar-refractivity contribution in [3.8, 4) is 0 Å². The van der Waals surface area contributed by atoms with E-state index in [1.807, 2.05) is 13.8 Å². The second-order valence-electron chi connectivity index (χ2n) is 2.62. The average Bonchev–Trinajstić information content (AvgIpc) is 1.87. The summed E-state index contributed by atoms with van der Waals surface area (Å²) in [6, 6.07) is 0. The molecule has 0 heterocycles. The number of hydrogen-bond donors (Lipinski definition) is 1. The number of methoxy groups -OCH3 is 1. The SMILES string of the molecule is COCC(=O)C=C(O)C(C)C. The first-order valence-corrected chi connectivity index (χ1v) is 3.50. The maximum atomic E-state index is 10.8. The van der Waals surface area contributed by atoms with Gasteiger partial charge in [0, 0.05) is 19.1 Å². The fraction of sp³-hybridized carbons (Fsp3) is 0.625. The number of carbonyl (C=O) groups excluding carboxylic acids is 1. The molecule has 0 bridgehead atoms. The van der Waals surface area contributed by atoms with Crippen LogP contribution in [0.2, 0.25) is 0 Å². The Balaban J connectivity index is 3.97. The van der Waals surface area contributed by atoms with Gasteiger partial charge in [0.2, 0.25) is 0 Å². The summed E-state index contributed by atoms with van der Waals surface area (Å²) in [6.45, 7) is 3.65. The zero-order chi connectivity index (χ0) is 8.85. The van der Waals surface area contributed by atoms with Crippen molar-refractivity contribution in [2.24, 2.45) is 5.92 Å².